The number of carbonyl (C=O) groups excluding carboxylic acids is 2. The summed E-state index contributed by atoms with van der Waals surface area (Å²) in [5.74, 6) is -2.98. The Morgan fingerprint density at radius 3 is 1.29 bits per heavy atom. The van der Waals surface area contributed by atoms with Gasteiger partial charge in [-0.3, -0.25) is 9.80 Å². The van der Waals surface area contributed by atoms with Crippen molar-refractivity contribution in [3.8, 4) is 11.5 Å². The molecule has 2 heterocycles. The van der Waals surface area contributed by atoms with Gasteiger partial charge >= 0.3 is 43.4 Å². The van der Waals surface area contributed by atoms with E-state index in [4.69, 9.17) is 9.47 Å². The van der Waals surface area contributed by atoms with E-state index in [9.17, 15) is 75.1 Å². The van der Waals surface area contributed by atoms with Gasteiger partial charge in [0.25, 0.3) is 10.1 Å². The van der Waals surface area contributed by atoms with Crippen LogP contribution in [0.25, 0.3) is 0 Å². The number of piperazine rings is 2. The molecule has 0 aromatic heterocycles. The summed E-state index contributed by atoms with van der Waals surface area (Å²) in [6, 6.07) is 6.06. The number of hydrogen-bond donors (Lipinski definition) is 1. The molecule has 17 nitrogen and oxygen atoms in total. The van der Waals surface area contributed by atoms with E-state index in [1.54, 1.807) is 49.6 Å². The highest BCUT2D eigenvalue weighted by Crippen LogP contribution is 2.33. The lowest BCUT2D eigenvalue weighted by Crippen LogP contribution is -2.49. The summed E-state index contributed by atoms with van der Waals surface area (Å²) in [5, 5.41) is 9.89. The lowest BCUT2D eigenvalue weighted by molar-refractivity contribution is -0.0504. The van der Waals surface area contributed by atoms with Crippen molar-refractivity contribution >= 4 is 42.5 Å². The number of phenolic OH excluding ortho intramolecular Hbond substituents is 1. The maximum atomic E-state index is 14.4. The Kier molecular flexibility index (Phi) is 18.9. The van der Waals surface area contributed by atoms with E-state index in [2.05, 4.69) is 12.7 Å². The Morgan fingerprint density at radius 2 is 0.954 bits per heavy atom. The fourth-order valence-corrected chi connectivity index (χ4v) is 7.52. The molecular weight excluding hydrogens is 957 g/mol. The molecule has 0 atom stereocenters. The molecule has 65 heavy (non-hydrogen) atoms. The monoisotopic (exact) mass is 1010 g/mol. The quantitative estimate of drug-likeness (QED) is 0.180. The summed E-state index contributed by atoms with van der Waals surface area (Å²) in [6.07, 6.45) is -0.596. The average molecular weight is 1010 g/mol. The van der Waals surface area contributed by atoms with Crippen molar-refractivity contribution in [3.05, 3.63) is 58.2 Å². The molecule has 2 fully saturated rings. The molecule has 2 amide bonds. The third-order valence-corrected chi connectivity index (χ3v) is 11.8. The smallest absolute Gasteiger partial charge is 0.505 e. The highest BCUT2D eigenvalue weighted by atomic mass is 32.3. The number of phenols is 1. The number of amides is 2. The van der Waals surface area contributed by atoms with E-state index in [1.807, 2.05) is 20.8 Å². The van der Waals surface area contributed by atoms with Crippen LogP contribution in [0.3, 0.4) is 0 Å². The second kappa shape index (κ2) is 21.6. The van der Waals surface area contributed by atoms with Crippen LogP contribution in [0.2, 0.25) is 0 Å². The van der Waals surface area contributed by atoms with E-state index in [0.717, 1.165) is 0 Å². The number of rotatable bonds is 8. The molecule has 1 N–H and O–H groups in total. The van der Waals surface area contributed by atoms with Gasteiger partial charge in [0.2, 0.25) is 0 Å². The molecule has 28 heteroatoms. The predicted octanol–water partition coefficient (Wildman–Crippen LogP) is 6.12. The van der Waals surface area contributed by atoms with Gasteiger partial charge in [0, 0.05) is 76.6 Å². The molecule has 0 radical (unpaired) electrons. The van der Waals surface area contributed by atoms with Crippen molar-refractivity contribution in [3.63, 3.8) is 0 Å². The molecule has 2 aliphatic heterocycles. The third-order valence-electron chi connectivity index (χ3n) is 8.57. The Balaban J connectivity index is 0.000000366. The van der Waals surface area contributed by atoms with Gasteiger partial charge in [-0.1, -0.05) is 24.3 Å². The zero-order valence-corrected chi connectivity index (χ0v) is 39.2. The second-order valence-electron chi connectivity index (χ2n) is 16.5. The van der Waals surface area contributed by atoms with E-state index in [0.29, 0.717) is 70.0 Å². The third kappa shape index (κ3) is 18.2. The van der Waals surface area contributed by atoms with Crippen LogP contribution < -0.4 is 4.18 Å². The number of carbonyl (C=O) groups is 2. The van der Waals surface area contributed by atoms with Crippen molar-refractivity contribution in [1.82, 2.24) is 19.6 Å². The molecule has 2 saturated heterocycles. The van der Waals surface area contributed by atoms with E-state index in [-0.39, 0.29) is 35.8 Å². The molecule has 0 unspecified atom stereocenters. The molecule has 0 spiro atoms. The van der Waals surface area contributed by atoms with Crippen molar-refractivity contribution in [2.75, 3.05) is 58.6 Å². The summed E-state index contributed by atoms with van der Waals surface area (Å²) in [4.78, 5) is 31.1. The standard InChI is InChI=1S/C18H24F4N2O5S.C17H25FN2O3.C2H3F3O5S2/c1-12-5-6-13(15(14(12)19)29-30(26,27)18(20,21)22)11-23-7-9-24(10-8-23)16(25)28-17(2,3)4;1-12-5-6-13(15(21)14(12)18)11-19-7-9-20(10-8-19)16(22)23-17(2,3)4;1-11(6,7)10-12(8,9)2(3,4)5/h5-6H,7-11H2,1-4H3;5-6,21H,7-11H2,1-4H3;1H3. The zero-order chi connectivity index (χ0) is 50.3. The number of nitrogens with zero attached hydrogens (tertiary/aromatic N) is 4. The molecule has 4 rings (SSSR count). The fraction of sp³-hybridized carbons (Fsp3) is 0.622. The van der Waals surface area contributed by atoms with Crippen LogP contribution in [0, 0.1) is 25.5 Å². The number of aromatic hydroxyl groups is 1. The van der Waals surface area contributed by atoms with Crippen molar-refractivity contribution in [2.45, 2.75) is 90.7 Å². The first kappa shape index (κ1) is 56.9. The van der Waals surface area contributed by atoms with E-state index >= 15 is 0 Å². The SMILES string of the molecule is CS(=O)(=O)OS(=O)(=O)C(F)(F)F.Cc1ccc(CN2CCN(C(=O)OC(C)(C)C)CC2)c(O)c1F.Cc1ccc(CN2CCN(C(=O)OC(C)(C)C)CC2)c(OS(=O)(=O)C(F)(F)F)c1F. The summed E-state index contributed by atoms with van der Waals surface area (Å²) in [7, 11) is -16.7. The van der Waals surface area contributed by atoms with Gasteiger partial charge in [-0.25, -0.2) is 18.4 Å². The Morgan fingerprint density at radius 1 is 0.600 bits per heavy atom. The minimum Gasteiger partial charge on any atom is -0.505 e. The molecule has 2 aliphatic rings. The number of alkyl halides is 6. The van der Waals surface area contributed by atoms with Crippen LogP contribution in [0.1, 0.15) is 63.8 Å². The van der Waals surface area contributed by atoms with Gasteiger partial charge in [0.05, 0.1) is 6.26 Å². The van der Waals surface area contributed by atoms with E-state index in [1.165, 1.54) is 24.0 Å². The summed E-state index contributed by atoms with van der Waals surface area (Å²) in [6.45, 7) is 17.8. The maximum Gasteiger partial charge on any atom is 0.534 e. The van der Waals surface area contributed by atoms with Gasteiger partial charge in [0.1, 0.15) is 11.2 Å². The number of hydrogen-bond acceptors (Lipinski definition) is 15. The van der Waals surface area contributed by atoms with Crippen LogP contribution in [0.15, 0.2) is 24.3 Å². The summed E-state index contributed by atoms with van der Waals surface area (Å²) < 4.78 is 181. The minimum atomic E-state index is -6.04. The van der Waals surface area contributed by atoms with Gasteiger partial charge in [-0.15, -0.1) is 3.63 Å². The van der Waals surface area contributed by atoms with Gasteiger partial charge in [0.15, 0.2) is 23.1 Å². The minimum absolute atomic E-state index is 0.0448. The zero-order valence-electron chi connectivity index (χ0n) is 36.8. The summed E-state index contributed by atoms with van der Waals surface area (Å²) in [5.41, 5.74) is -11.7. The number of benzene rings is 2. The Labute approximate surface area is 372 Å². The van der Waals surface area contributed by atoms with Crippen LogP contribution in [0.5, 0.6) is 11.5 Å². The first-order chi connectivity index (χ1) is 29.2. The van der Waals surface area contributed by atoms with Gasteiger partial charge < -0.3 is 28.6 Å². The Hall–Kier alpha value is -4.25. The van der Waals surface area contributed by atoms with Gasteiger partial charge in [-0.05, 0) is 66.5 Å². The first-order valence-electron chi connectivity index (χ1n) is 19.1. The lowest BCUT2D eigenvalue weighted by atomic mass is 10.1. The van der Waals surface area contributed by atoms with Crippen LogP contribution in [0.4, 0.5) is 44.7 Å². The number of halogens is 8. The van der Waals surface area contributed by atoms with Crippen LogP contribution in [-0.2, 0) is 56.5 Å². The molecule has 0 aliphatic carbocycles. The topological polar surface area (TPSA) is 207 Å². The van der Waals surface area contributed by atoms with E-state index < -0.39 is 76.1 Å². The molecule has 0 saturated carbocycles. The molecular formula is C37H52F8N4O13S3. The highest BCUT2D eigenvalue weighted by Gasteiger charge is 2.50. The Bertz CT molecular complexity index is 2320. The molecule has 0 bridgehead atoms. The predicted molar refractivity (Wildman–Crippen MR) is 217 cm³/mol. The van der Waals surface area contributed by atoms with Gasteiger partial charge in [-0.2, -0.15) is 51.6 Å². The van der Waals surface area contributed by atoms with Crippen molar-refractivity contribution in [2.24, 2.45) is 0 Å². The summed E-state index contributed by atoms with van der Waals surface area (Å²) >= 11 is 0. The van der Waals surface area contributed by atoms with Crippen LogP contribution in [-0.4, -0.2) is 143 Å². The molecule has 2 aromatic rings. The van der Waals surface area contributed by atoms with Crippen molar-refractivity contribution < 1.29 is 92.4 Å². The highest BCUT2D eigenvalue weighted by molar-refractivity contribution is 7.99. The molecule has 372 valence electrons. The average Bonchev–Trinajstić information content (AvgIpc) is 3.12. The van der Waals surface area contributed by atoms with Crippen molar-refractivity contribution in [1.29, 1.82) is 0 Å². The largest absolute Gasteiger partial charge is 0.534 e. The first-order valence-corrected chi connectivity index (χ1v) is 23.8. The van der Waals surface area contributed by atoms with Crippen LogP contribution >= 0.6 is 0 Å². The maximum absolute atomic E-state index is 14.4. The second-order valence-corrected chi connectivity index (χ2v) is 21.4. The fourth-order valence-electron chi connectivity index (χ4n) is 5.41. The number of ether oxygens (including phenoxy) is 2. The lowest BCUT2D eigenvalue weighted by Gasteiger charge is -2.35. The molecule has 2 aromatic carbocycles. The normalized spacial score (nSPS) is 16.1. The number of aryl methyl sites for hydroxylation is 2.